The van der Waals surface area contributed by atoms with Crippen LogP contribution in [0.2, 0.25) is 0 Å². The van der Waals surface area contributed by atoms with Gasteiger partial charge in [0, 0.05) is 29.5 Å². The molecule has 188 valence electrons. The number of hydrogen-bond acceptors (Lipinski definition) is 8. The lowest BCUT2D eigenvalue weighted by Crippen LogP contribution is -2.36. The maximum Gasteiger partial charge on any atom is 0.302 e. The van der Waals surface area contributed by atoms with Gasteiger partial charge in [-0.05, 0) is 48.6 Å². The van der Waals surface area contributed by atoms with E-state index in [0.717, 1.165) is 60.2 Å². The lowest BCUT2D eigenvalue weighted by atomic mass is 9.74. The van der Waals surface area contributed by atoms with E-state index in [1.165, 1.54) is 6.92 Å². The summed E-state index contributed by atoms with van der Waals surface area (Å²) in [6.07, 6.45) is 3.24. The second kappa shape index (κ2) is 10.1. The summed E-state index contributed by atoms with van der Waals surface area (Å²) in [4.78, 5) is 18.4. The van der Waals surface area contributed by atoms with Crippen LogP contribution in [0.15, 0.2) is 41.4 Å². The van der Waals surface area contributed by atoms with Crippen LogP contribution >= 0.6 is 0 Å². The average molecular weight is 490 g/mol. The van der Waals surface area contributed by atoms with Gasteiger partial charge in [0.25, 0.3) is 0 Å². The van der Waals surface area contributed by atoms with Gasteiger partial charge in [-0.3, -0.25) is 9.79 Å². The molecule has 0 saturated heterocycles. The highest BCUT2D eigenvalue weighted by Gasteiger charge is 2.38. The number of benzene rings is 2. The Balaban J connectivity index is 1.52. The van der Waals surface area contributed by atoms with Gasteiger partial charge in [0.1, 0.15) is 6.10 Å². The van der Waals surface area contributed by atoms with E-state index >= 15 is 0 Å². The molecule has 5 rings (SSSR count). The standard InChI is InChI=1S/C27H31N5O4/c1-5-12-32-30-27(29-31-32)18-8-6-17(7-9-18)26-22-15-25(35-4)24(34-3)14-20(22)21-13-19(36-16(2)33)10-11-23(21)28-26/h6-9,14-15,19,21,23H,5,10-13H2,1-4H3. The number of nitrogens with zero attached hydrogens (tertiary/aromatic N) is 5. The van der Waals surface area contributed by atoms with Crippen LogP contribution in [0.5, 0.6) is 11.5 Å². The van der Waals surface area contributed by atoms with Gasteiger partial charge < -0.3 is 14.2 Å². The van der Waals surface area contributed by atoms with Crippen LogP contribution in [0.4, 0.5) is 0 Å². The zero-order valence-electron chi connectivity index (χ0n) is 21.1. The SMILES string of the molecule is CCCn1nnc(-c2ccc(C3=NC4CCC(OC(C)=O)CC4c4cc(OC)c(OC)cc43)cc2)n1. The number of esters is 1. The van der Waals surface area contributed by atoms with Crippen molar-refractivity contribution in [1.82, 2.24) is 20.2 Å². The average Bonchev–Trinajstić information content (AvgIpc) is 3.36. The zero-order chi connectivity index (χ0) is 25.2. The molecule has 36 heavy (non-hydrogen) atoms. The molecule has 3 aromatic rings. The molecular formula is C27H31N5O4. The van der Waals surface area contributed by atoms with Gasteiger partial charge in [-0.1, -0.05) is 31.2 Å². The molecule has 0 radical (unpaired) electrons. The van der Waals surface area contributed by atoms with Crippen LogP contribution in [-0.2, 0) is 16.1 Å². The number of aryl methyl sites for hydroxylation is 1. The molecule has 1 aromatic heterocycles. The fraction of sp³-hybridized carbons (Fsp3) is 0.444. The first-order valence-corrected chi connectivity index (χ1v) is 12.4. The minimum atomic E-state index is -0.240. The highest BCUT2D eigenvalue weighted by atomic mass is 16.5. The molecular weight excluding hydrogens is 458 g/mol. The van der Waals surface area contributed by atoms with Crippen molar-refractivity contribution in [1.29, 1.82) is 0 Å². The lowest BCUT2D eigenvalue weighted by Gasteiger charge is -2.38. The second-order valence-electron chi connectivity index (χ2n) is 9.28. The Hall–Kier alpha value is -3.75. The topological polar surface area (TPSA) is 101 Å². The number of rotatable bonds is 7. The number of carbonyl (C=O) groups excluding carboxylic acids is 1. The van der Waals surface area contributed by atoms with E-state index in [1.807, 2.05) is 18.2 Å². The molecule has 9 heteroatoms. The minimum absolute atomic E-state index is 0.102. The number of ether oxygens (including phenoxy) is 3. The Morgan fingerprint density at radius 1 is 1.06 bits per heavy atom. The molecule has 2 aliphatic rings. The van der Waals surface area contributed by atoms with Crippen molar-refractivity contribution in [2.24, 2.45) is 4.99 Å². The van der Waals surface area contributed by atoms with Gasteiger partial charge >= 0.3 is 5.97 Å². The summed E-state index contributed by atoms with van der Waals surface area (Å²) in [6, 6.07) is 12.3. The smallest absolute Gasteiger partial charge is 0.302 e. The third-order valence-electron chi connectivity index (χ3n) is 6.90. The Morgan fingerprint density at radius 2 is 1.78 bits per heavy atom. The zero-order valence-corrected chi connectivity index (χ0v) is 21.1. The Bertz CT molecular complexity index is 1280. The summed E-state index contributed by atoms with van der Waals surface area (Å²) in [7, 11) is 3.28. The van der Waals surface area contributed by atoms with Crippen molar-refractivity contribution in [3.8, 4) is 22.9 Å². The molecule has 0 bridgehead atoms. The van der Waals surface area contributed by atoms with Crippen LogP contribution in [0.1, 0.15) is 62.1 Å². The van der Waals surface area contributed by atoms with Crippen molar-refractivity contribution in [3.05, 3.63) is 53.1 Å². The molecule has 9 nitrogen and oxygen atoms in total. The molecule has 2 heterocycles. The van der Waals surface area contributed by atoms with E-state index in [-0.39, 0.29) is 24.0 Å². The number of fused-ring (bicyclic) bond motifs is 3. The van der Waals surface area contributed by atoms with Crippen LogP contribution in [0, 0.1) is 0 Å². The summed E-state index contributed by atoms with van der Waals surface area (Å²) < 4.78 is 16.8. The van der Waals surface area contributed by atoms with E-state index in [9.17, 15) is 4.79 Å². The molecule has 3 unspecified atom stereocenters. The van der Waals surface area contributed by atoms with Crippen molar-refractivity contribution in [3.63, 3.8) is 0 Å². The lowest BCUT2D eigenvalue weighted by molar-refractivity contribution is -0.148. The number of tetrazole rings is 1. The Morgan fingerprint density at radius 3 is 2.47 bits per heavy atom. The predicted octanol–water partition coefficient (Wildman–Crippen LogP) is 4.19. The number of aliphatic imine (C=N–C) groups is 1. The second-order valence-corrected chi connectivity index (χ2v) is 9.28. The van der Waals surface area contributed by atoms with E-state index < -0.39 is 0 Å². The number of hydrogen-bond donors (Lipinski definition) is 0. The van der Waals surface area contributed by atoms with Crippen molar-refractivity contribution in [2.75, 3.05) is 14.2 Å². The van der Waals surface area contributed by atoms with Crippen LogP contribution < -0.4 is 9.47 Å². The Kier molecular flexibility index (Phi) is 6.71. The largest absolute Gasteiger partial charge is 0.493 e. The van der Waals surface area contributed by atoms with Crippen LogP contribution in [0.3, 0.4) is 0 Å². The van der Waals surface area contributed by atoms with Crippen molar-refractivity contribution < 1.29 is 19.0 Å². The first kappa shape index (κ1) is 24.0. The van der Waals surface area contributed by atoms with Gasteiger partial charge in [-0.15, -0.1) is 10.2 Å². The Labute approximate surface area is 210 Å². The maximum absolute atomic E-state index is 11.6. The highest BCUT2D eigenvalue weighted by molar-refractivity contribution is 6.15. The van der Waals surface area contributed by atoms with E-state index in [0.29, 0.717) is 17.3 Å². The fourth-order valence-electron chi connectivity index (χ4n) is 5.25. The molecule has 3 atom stereocenters. The molecule has 0 N–H and O–H groups in total. The van der Waals surface area contributed by atoms with E-state index in [4.69, 9.17) is 19.2 Å². The van der Waals surface area contributed by atoms with Gasteiger partial charge in [0.2, 0.25) is 5.82 Å². The van der Waals surface area contributed by atoms with Gasteiger partial charge in [-0.2, -0.15) is 4.80 Å². The van der Waals surface area contributed by atoms with Crippen molar-refractivity contribution >= 4 is 11.7 Å². The van der Waals surface area contributed by atoms with Gasteiger partial charge in [0.05, 0.1) is 32.5 Å². The third-order valence-corrected chi connectivity index (χ3v) is 6.90. The van der Waals surface area contributed by atoms with Crippen molar-refractivity contribution in [2.45, 2.75) is 64.1 Å². The van der Waals surface area contributed by atoms with Gasteiger partial charge in [-0.25, -0.2) is 0 Å². The molecule has 1 aliphatic heterocycles. The highest BCUT2D eigenvalue weighted by Crippen LogP contribution is 2.45. The minimum Gasteiger partial charge on any atom is -0.493 e. The van der Waals surface area contributed by atoms with Gasteiger partial charge in [0.15, 0.2) is 11.5 Å². The first-order valence-electron chi connectivity index (χ1n) is 12.4. The first-order chi connectivity index (χ1) is 17.5. The summed E-state index contributed by atoms with van der Waals surface area (Å²) in [6.45, 7) is 4.29. The van der Waals surface area contributed by atoms with Crippen LogP contribution in [0.25, 0.3) is 11.4 Å². The predicted molar refractivity (Wildman–Crippen MR) is 135 cm³/mol. The monoisotopic (exact) mass is 489 g/mol. The molecule has 2 aromatic carbocycles. The van der Waals surface area contributed by atoms with E-state index in [1.54, 1.807) is 19.0 Å². The summed E-state index contributed by atoms with van der Waals surface area (Å²) in [5, 5.41) is 12.8. The number of methoxy groups -OCH3 is 2. The number of carbonyl (C=O) groups is 1. The molecule has 1 aliphatic carbocycles. The quantitative estimate of drug-likeness (QED) is 0.459. The summed E-state index contributed by atoms with van der Waals surface area (Å²) in [5.41, 5.74) is 5.00. The third kappa shape index (κ3) is 4.57. The molecule has 1 saturated carbocycles. The fourth-order valence-corrected chi connectivity index (χ4v) is 5.25. The maximum atomic E-state index is 11.6. The molecule has 0 spiro atoms. The number of aromatic nitrogens is 4. The van der Waals surface area contributed by atoms with Crippen LogP contribution in [-0.4, -0.2) is 58.3 Å². The van der Waals surface area contributed by atoms with E-state index in [2.05, 4.69) is 40.5 Å². The normalized spacial score (nSPS) is 20.7. The molecule has 1 fully saturated rings. The summed E-state index contributed by atoms with van der Waals surface area (Å²) in [5.74, 6) is 1.84. The molecule has 0 amide bonds. The summed E-state index contributed by atoms with van der Waals surface area (Å²) >= 11 is 0.